The Hall–Kier alpha value is -1.76. The largest absolute Gasteiger partial charge is 0.384 e. The summed E-state index contributed by atoms with van der Waals surface area (Å²) in [6.07, 6.45) is 2.43. The van der Waals surface area contributed by atoms with Gasteiger partial charge >= 0.3 is 0 Å². The summed E-state index contributed by atoms with van der Waals surface area (Å²) in [5.41, 5.74) is 8.18. The number of anilines is 1. The van der Waals surface area contributed by atoms with Crippen molar-refractivity contribution in [2.24, 2.45) is 0 Å². The van der Waals surface area contributed by atoms with Crippen LogP contribution in [0.25, 0.3) is 11.1 Å². The number of hydrogen-bond donors (Lipinski definition) is 1. The first-order chi connectivity index (χ1) is 8.75. The molecule has 0 aliphatic carbocycles. The minimum Gasteiger partial charge on any atom is -0.384 e. The highest BCUT2D eigenvalue weighted by molar-refractivity contribution is 5.81. The van der Waals surface area contributed by atoms with Crippen molar-refractivity contribution in [2.75, 3.05) is 11.9 Å². The molecule has 1 N–H and O–H groups in total. The average Bonchev–Trinajstić information content (AvgIpc) is 2.41. The first kappa shape index (κ1) is 11.3. The maximum Gasteiger partial charge on any atom is 0.0452 e. The number of para-hydroxylation sites is 1. The maximum atomic E-state index is 3.56. The van der Waals surface area contributed by atoms with Crippen molar-refractivity contribution in [2.45, 2.75) is 26.7 Å². The van der Waals surface area contributed by atoms with Gasteiger partial charge in [0.25, 0.3) is 0 Å². The topological polar surface area (TPSA) is 12.0 Å². The summed E-state index contributed by atoms with van der Waals surface area (Å²) in [5, 5.41) is 3.56. The van der Waals surface area contributed by atoms with Crippen LogP contribution in [0.2, 0.25) is 0 Å². The third kappa shape index (κ3) is 1.90. The van der Waals surface area contributed by atoms with E-state index in [4.69, 9.17) is 0 Å². The summed E-state index contributed by atoms with van der Waals surface area (Å²) in [6.45, 7) is 5.44. The molecule has 1 nitrogen and oxygen atoms in total. The molecule has 0 atom stereocenters. The second kappa shape index (κ2) is 4.49. The fourth-order valence-corrected chi connectivity index (χ4v) is 2.66. The van der Waals surface area contributed by atoms with E-state index in [-0.39, 0.29) is 0 Å². The van der Waals surface area contributed by atoms with Crippen LogP contribution in [0.3, 0.4) is 0 Å². The zero-order chi connectivity index (χ0) is 12.5. The van der Waals surface area contributed by atoms with Crippen LogP contribution < -0.4 is 5.32 Å². The Labute approximate surface area is 109 Å². The van der Waals surface area contributed by atoms with Gasteiger partial charge in [-0.05, 0) is 48.9 Å². The summed E-state index contributed by atoms with van der Waals surface area (Å²) >= 11 is 0. The molecule has 0 amide bonds. The van der Waals surface area contributed by atoms with E-state index in [2.05, 4.69) is 55.6 Å². The molecular weight excluding hydrogens is 218 g/mol. The van der Waals surface area contributed by atoms with Gasteiger partial charge in [0.2, 0.25) is 0 Å². The lowest BCUT2D eigenvalue weighted by atomic mass is 9.94. The number of benzene rings is 2. The van der Waals surface area contributed by atoms with Gasteiger partial charge in [-0.1, -0.05) is 36.4 Å². The van der Waals surface area contributed by atoms with E-state index >= 15 is 0 Å². The van der Waals surface area contributed by atoms with Gasteiger partial charge < -0.3 is 5.32 Å². The number of rotatable bonds is 1. The van der Waals surface area contributed by atoms with Gasteiger partial charge in [0.05, 0.1) is 0 Å². The molecule has 3 rings (SSSR count). The fourth-order valence-electron chi connectivity index (χ4n) is 2.66. The Kier molecular flexibility index (Phi) is 2.83. The number of fused-ring (bicyclic) bond motifs is 1. The summed E-state index contributed by atoms with van der Waals surface area (Å²) < 4.78 is 0. The predicted molar refractivity (Wildman–Crippen MR) is 78.2 cm³/mol. The molecule has 18 heavy (non-hydrogen) atoms. The molecule has 92 valence electrons. The lowest BCUT2D eigenvalue weighted by molar-refractivity contribution is 0.831. The van der Waals surface area contributed by atoms with Crippen LogP contribution in [0, 0.1) is 13.8 Å². The monoisotopic (exact) mass is 237 g/mol. The lowest BCUT2D eigenvalue weighted by Crippen LogP contribution is -2.12. The summed E-state index contributed by atoms with van der Waals surface area (Å²) in [6, 6.07) is 13.4. The Morgan fingerprint density at radius 2 is 1.89 bits per heavy atom. The second-order valence-corrected chi connectivity index (χ2v) is 5.17. The quantitative estimate of drug-likeness (QED) is 0.778. The van der Waals surface area contributed by atoms with E-state index in [0.29, 0.717) is 0 Å². The van der Waals surface area contributed by atoms with E-state index in [0.717, 1.165) is 6.54 Å². The van der Waals surface area contributed by atoms with Gasteiger partial charge in [-0.25, -0.2) is 0 Å². The Morgan fingerprint density at radius 1 is 1.00 bits per heavy atom. The van der Waals surface area contributed by atoms with Gasteiger partial charge in [0, 0.05) is 17.8 Å². The Balaban J connectivity index is 2.13. The first-order valence-corrected chi connectivity index (χ1v) is 6.69. The zero-order valence-electron chi connectivity index (χ0n) is 11.1. The van der Waals surface area contributed by atoms with Crippen molar-refractivity contribution >= 4 is 5.69 Å². The van der Waals surface area contributed by atoms with Crippen molar-refractivity contribution in [3.63, 3.8) is 0 Å². The average molecular weight is 237 g/mol. The van der Waals surface area contributed by atoms with Crippen LogP contribution in [0.4, 0.5) is 5.69 Å². The molecule has 1 aliphatic heterocycles. The molecule has 1 heterocycles. The van der Waals surface area contributed by atoms with Crippen molar-refractivity contribution < 1.29 is 0 Å². The molecule has 2 aromatic rings. The lowest BCUT2D eigenvalue weighted by Gasteiger charge is -2.21. The molecule has 0 saturated heterocycles. The van der Waals surface area contributed by atoms with Crippen LogP contribution in [0.5, 0.6) is 0 Å². The fraction of sp³-hybridized carbons (Fsp3) is 0.294. The molecule has 1 heteroatoms. The van der Waals surface area contributed by atoms with Crippen molar-refractivity contribution in [3.05, 3.63) is 53.1 Å². The standard InChI is InChI=1S/C17H19N/c1-12-8-9-15(11-13(12)2)16-7-3-5-14-6-4-10-18-17(14)16/h3,5,7-9,11,18H,4,6,10H2,1-2H3. The SMILES string of the molecule is Cc1ccc(-c2cccc3c2NCCC3)cc1C. The molecule has 0 unspecified atom stereocenters. The molecule has 0 saturated carbocycles. The molecule has 0 bridgehead atoms. The molecule has 0 radical (unpaired) electrons. The van der Waals surface area contributed by atoms with E-state index < -0.39 is 0 Å². The first-order valence-electron chi connectivity index (χ1n) is 6.69. The molecule has 0 spiro atoms. The highest BCUT2D eigenvalue weighted by atomic mass is 14.9. The van der Waals surface area contributed by atoms with Crippen LogP contribution in [0.15, 0.2) is 36.4 Å². The second-order valence-electron chi connectivity index (χ2n) is 5.17. The van der Waals surface area contributed by atoms with Crippen LogP contribution >= 0.6 is 0 Å². The van der Waals surface area contributed by atoms with Crippen molar-refractivity contribution in [1.29, 1.82) is 0 Å². The van der Waals surface area contributed by atoms with E-state index in [1.807, 2.05) is 0 Å². The molecule has 0 fully saturated rings. The molecule has 2 aromatic carbocycles. The van der Waals surface area contributed by atoms with Gasteiger partial charge in [-0.3, -0.25) is 0 Å². The minimum absolute atomic E-state index is 1.09. The third-order valence-corrected chi connectivity index (χ3v) is 3.89. The minimum atomic E-state index is 1.09. The number of nitrogens with one attached hydrogen (secondary N) is 1. The Morgan fingerprint density at radius 3 is 2.72 bits per heavy atom. The normalized spacial score (nSPS) is 13.9. The van der Waals surface area contributed by atoms with Crippen molar-refractivity contribution in [3.8, 4) is 11.1 Å². The molecule has 0 aromatic heterocycles. The van der Waals surface area contributed by atoms with Gasteiger partial charge in [0.15, 0.2) is 0 Å². The van der Waals surface area contributed by atoms with Gasteiger partial charge in [-0.2, -0.15) is 0 Å². The van der Waals surface area contributed by atoms with Crippen molar-refractivity contribution in [1.82, 2.24) is 0 Å². The van der Waals surface area contributed by atoms with E-state index in [1.54, 1.807) is 0 Å². The van der Waals surface area contributed by atoms with Crippen LogP contribution in [0.1, 0.15) is 23.1 Å². The van der Waals surface area contributed by atoms with Gasteiger partial charge in [-0.15, -0.1) is 0 Å². The molecule has 1 aliphatic rings. The zero-order valence-corrected chi connectivity index (χ0v) is 11.1. The van der Waals surface area contributed by atoms with E-state index in [1.165, 1.54) is 46.3 Å². The molecular formula is C17H19N. The van der Waals surface area contributed by atoms with Gasteiger partial charge in [0.1, 0.15) is 0 Å². The Bertz CT molecular complexity index is 584. The van der Waals surface area contributed by atoms with E-state index in [9.17, 15) is 0 Å². The highest BCUT2D eigenvalue weighted by Gasteiger charge is 2.13. The summed E-state index contributed by atoms with van der Waals surface area (Å²) in [7, 11) is 0. The maximum absolute atomic E-state index is 3.56. The highest BCUT2D eigenvalue weighted by Crippen LogP contribution is 2.34. The number of hydrogen-bond acceptors (Lipinski definition) is 1. The summed E-state index contributed by atoms with van der Waals surface area (Å²) in [4.78, 5) is 0. The summed E-state index contributed by atoms with van der Waals surface area (Å²) in [5.74, 6) is 0. The predicted octanol–water partition coefficient (Wildman–Crippen LogP) is 4.33. The third-order valence-electron chi connectivity index (χ3n) is 3.89. The van der Waals surface area contributed by atoms with Crippen LogP contribution in [-0.2, 0) is 6.42 Å². The number of aryl methyl sites for hydroxylation is 3. The smallest absolute Gasteiger partial charge is 0.0452 e. The van der Waals surface area contributed by atoms with Crippen LogP contribution in [-0.4, -0.2) is 6.54 Å².